The molecular weight excluding hydrogens is 626 g/mol. The Bertz CT molecular complexity index is 216. The average Bonchev–Trinajstić information content (AvgIpc) is 2.33. The Hall–Kier alpha value is 2.72. The molecule has 0 aromatic rings. The number of fused-ring (bicyclic) bond motifs is 1. The maximum absolute atomic E-state index is 9.49. The summed E-state index contributed by atoms with van der Waals surface area (Å²) in [5, 5.41) is 27.7. The predicted octanol–water partition coefficient (Wildman–Crippen LogP) is -0.669. The molecule has 2 aliphatic rings. The largest absolute Gasteiger partial charge is 0.396 e. The third-order valence-electron chi connectivity index (χ3n) is 3.55. The molecule has 6 heteroatoms. The van der Waals surface area contributed by atoms with Gasteiger partial charge < -0.3 is 20.1 Å². The van der Waals surface area contributed by atoms with Crippen LogP contribution in [0, 0.1) is 106 Å². The van der Waals surface area contributed by atoms with Gasteiger partial charge in [0.1, 0.15) is 0 Å². The van der Waals surface area contributed by atoms with E-state index in [9.17, 15) is 10.2 Å². The summed E-state index contributed by atoms with van der Waals surface area (Å²) in [4.78, 5) is 0. The van der Waals surface area contributed by atoms with E-state index < -0.39 is 11.9 Å². The second kappa shape index (κ2) is 6.76. The van der Waals surface area contributed by atoms with Crippen molar-refractivity contribution in [1.29, 1.82) is 0 Å². The first-order valence-corrected chi connectivity index (χ1v) is 4.72. The van der Waals surface area contributed by atoms with E-state index in [2.05, 4.69) is 6.92 Å². The van der Waals surface area contributed by atoms with Crippen LogP contribution < -0.4 is 0 Å². The second-order valence-corrected chi connectivity index (χ2v) is 4.28. The van der Waals surface area contributed by atoms with Gasteiger partial charge in [-0.1, -0.05) is 6.92 Å². The number of rotatable bonds is 2. The zero-order valence-electron chi connectivity index (χ0n) is 8.84. The van der Waals surface area contributed by atoms with Crippen molar-refractivity contribution in [2.45, 2.75) is 25.2 Å². The minimum absolute atomic E-state index is 0. The Labute approximate surface area is 161 Å². The van der Waals surface area contributed by atoms with Crippen molar-refractivity contribution >= 4 is 0 Å². The summed E-state index contributed by atoms with van der Waals surface area (Å²) in [6, 6.07) is 0. The van der Waals surface area contributed by atoms with Crippen LogP contribution in [0.15, 0.2) is 0 Å². The molecule has 1 heterocycles. The Kier molecular flexibility index (Phi) is 7.99. The van der Waals surface area contributed by atoms with Crippen molar-refractivity contribution in [1.82, 2.24) is 0 Å². The summed E-state index contributed by atoms with van der Waals surface area (Å²) in [6.07, 6.45) is -0.131. The fourth-order valence-electron chi connectivity index (χ4n) is 3.02. The van der Waals surface area contributed by atoms with Gasteiger partial charge in [0.25, 0.3) is 0 Å². The molecule has 2 radical (unpaired) electrons. The van der Waals surface area contributed by atoms with Gasteiger partial charge in [-0.05, 0) is 12.3 Å². The van der Waals surface area contributed by atoms with Crippen LogP contribution in [0.2, 0.25) is 0 Å². The van der Waals surface area contributed by atoms with Crippen molar-refractivity contribution in [2.24, 2.45) is 17.8 Å². The maximum atomic E-state index is 9.49. The third-order valence-corrected chi connectivity index (χ3v) is 3.55. The normalized spacial score (nSPS) is 47.2. The summed E-state index contributed by atoms with van der Waals surface area (Å²) in [7, 11) is 0. The molecule has 0 bridgehead atoms. The molecule has 2 unspecified atom stereocenters. The van der Waals surface area contributed by atoms with Crippen molar-refractivity contribution in [2.75, 3.05) is 13.2 Å². The molecule has 4 nitrogen and oxygen atoms in total. The summed E-state index contributed by atoms with van der Waals surface area (Å²) in [5.74, 6) is 0.301. The van der Waals surface area contributed by atoms with Gasteiger partial charge >= 0.3 is 0 Å². The van der Waals surface area contributed by atoms with Crippen molar-refractivity contribution in [3.63, 3.8) is 0 Å². The number of aliphatic hydroxyl groups is 3. The van der Waals surface area contributed by atoms with Crippen LogP contribution in [-0.4, -0.2) is 40.4 Å². The fraction of sp³-hybridized carbons (Fsp3) is 1.00. The Morgan fingerprint density at radius 3 is 2.33 bits per heavy atom. The zero-order valence-corrected chi connectivity index (χ0v) is 18.3. The maximum Gasteiger partial charge on any atom is 0.160 e. The molecule has 3 N–H and O–H groups in total. The Morgan fingerprint density at radius 1 is 1.33 bits per heavy atom. The van der Waals surface area contributed by atoms with Crippen LogP contribution in [0.25, 0.3) is 0 Å². The molecule has 82 valence electrons. The molecule has 1 saturated heterocycles. The number of hydrogen-bond donors (Lipinski definition) is 3. The molecule has 2 rings (SSSR count). The smallest absolute Gasteiger partial charge is 0.160 e. The molecular formula is C9H16Ac2O4. The van der Waals surface area contributed by atoms with Gasteiger partial charge in [-0.15, -0.1) is 0 Å². The first kappa shape index (κ1) is 17.7. The SMILES string of the molecule is CC1C[C@]2(CO)O[C@@H](O)C(CO)[C@@H]12.[Ac].[Ac]. The van der Waals surface area contributed by atoms with E-state index in [0.29, 0.717) is 5.92 Å². The molecule has 5 atom stereocenters. The van der Waals surface area contributed by atoms with Crippen LogP contribution in [0.1, 0.15) is 13.3 Å². The zero-order chi connectivity index (χ0) is 9.64. The van der Waals surface area contributed by atoms with Crippen molar-refractivity contribution < 1.29 is 108 Å². The van der Waals surface area contributed by atoms with E-state index in [1.54, 1.807) is 0 Å². The van der Waals surface area contributed by atoms with Crippen molar-refractivity contribution in [3.8, 4) is 0 Å². The predicted molar refractivity (Wildman–Crippen MR) is 44.8 cm³/mol. The topological polar surface area (TPSA) is 69.9 Å². The Morgan fingerprint density at radius 2 is 1.93 bits per heavy atom. The molecule has 0 aromatic heterocycles. The summed E-state index contributed by atoms with van der Waals surface area (Å²) < 4.78 is 5.32. The van der Waals surface area contributed by atoms with Gasteiger partial charge in [0, 0.05) is 100.0 Å². The minimum atomic E-state index is -0.910. The molecule has 1 aliphatic carbocycles. The average molecular weight is 642 g/mol. The van der Waals surface area contributed by atoms with Gasteiger partial charge in [-0.3, -0.25) is 0 Å². The standard InChI is InChI=1S/C9H16O4.2Ac/c1-5-2-9(4-11)7(5)6(3-10)8(12)13-9;;/h5-8,10-12H,2-4H2,1H3;;/t5?,6?,7-,8-,9-;;/m1../s1. The van der Waals surface area contributed by atoms with E-state index in [0.717, 1.165) is 6.42 Å². The monoisotopic (exact) mass is 642 g/mol. The first-order chi connectivity index (χ1) is 6.14. The number of aliphatic hydroxyl groups excluding tert-OH is 3. The third kappa shape index (κ3) is 2.84. The van der Waals surface area contributed by atoms with E-state index in [4.69, 9.17) is 9.84 Å². The quantitative estimate of drug-likeness (QED) is 0.375. The molecule has 2 fully saturated rings. The molecule has 15 heavy (non-hydrogen) atoms. The summed E-state index contributed by atoms with van der Waals surface area (Å²) in [6.45, 7) is 1.93. The van der Waals surface area contributed by atoms with Crippen molar-refractivity contribution in [3.05, 3.63) is 0 Å². The van der Waals surface area contributed by atoms with E-state index in [-0.39, 0.29) is 113 Å². The van der Waals surface area contributed by atoms with E-state index in [1.165, 1.54) is 0 Å². The second-order valence-electron chi connectivity index (χ2n) is 4.28. The summed E-state index contributed by atoms with van der Waals surface area (Å²) in [5.41, 5.74) is -0.563. The van der Waals surface area contributed by atoms with Gasteiger partial charge in [0.2, 0.25) is 0 Å². The van der Waals surface area contributed by atoms with Crippen LogP contribution in [0.3, 0.4) is 0 Å². The van der Waals surface area contributed by atoms with Crippen LogP contribution in [0.5, 0.6) is 0 Å². The molecule has 0 spiro atoms. The molecule has 1 saturated carbocycles. The fourth-order valence-corrected chi connectivity index (χ4v) is 3.02. The number of hydrogen-bond acceptors (Lipinski definition) is 4. The van der Waals surface area contributed by atoms with Gasteiger partial charge in [0.15, 0.2) is 6.29 Å². The van der Waals surface area contributed by atoms with Crippen LogP contribution in [-0.2, 0) is 4.74 Å². The molecule has 0 aromatic carbocycles. The number of ether oxygens (including phenoxy) is 1. The molecule has 1 aliphatic heterocycles. The van der Waals surface area contributed by atoms with Gasteiger partial charge in [-0.2, -0.15) is 0 Å². The minimum Gasteiger partial charge on any atom is -0.396 e. The molecule has 0 amide bonds. The van der Waals surface area contributed by atoms with E-state index >= 15 is 0 Å². The van der Waals surface area contributed by atoms with Crippen LogP contribution >= 0.6 is 0 Å². The first-order valence-electron chi connectivity index (χ1n) is 4.72. The Balaban J connectivity index is 0.000000980. The summed E-state index contributed by atoms with van der Waals surface area (Å²) >= 11 is 0. The van der Waals surface area contributed by atoms with Gasteiger partial charge in [-0.25, -0.2) is 0 Å². The van der Waals surface area contributed by atoms with Crippen LogP contribution in [0.4, 0.5) is 0 Å². The van der Waals surface area contributed by atoms with E-state index in [1.807, 2.05) is 0 Å². The van der Waals surface area contributed by atoms with Gasteiger partial charge in [0.05, 0.1) is 18.8 Å².